The first-order chi connectivity index (χ1) is 9.66. The van der Waals surface area contributed by atoms with E-state index in [2.05, 4.69) is 5.32 Å². The quantitative estimate of drug-likeness (QED) is 0.847. The Morgan fingerprint density at radius 2 is 1.50 bits per heavy atom. The highest BCUT2D eigenvalue weighted by atomic mass is 16.2. The monoisotopic (exact) mass is 267 g/mol. The SMILES string of the molecule is CC(NC(=O)C(=O)Cc1ccccc1)c1ccccc1. The summed E-state index contributed by atoms with van der Waals surface area (Å²) in [5.41, 5.74) is 1.83. The van der Waals surface area contributed by atoms with E-state index in [9.17, 15) is 9.59 Å². The minimum Gasteiger partial charge on any atom is -0.343 e. The van der Waals surface area contributed by atoms with Crippen LogP contribution < -0.4 is 5.32 Å². The highest BCUT2D eigenvalue weighted by Gasteiger charge is 2.17. The summed E-state index contributed by atoms with van der Waals surface area (Å²) in [6, 6.07) is 18.7. The molecular formula is C17H17NO2. The van der Waals surface area contributed by atoms with Gasteiger partial charge in [-0.3, -0.25) is 9.59 Å². The lowest BCUT2D eigenvalue weighted by Gasteiger charge is -2.13. The number of amides is 1. The molecule has 3 nitrogen and oxygen atoms in total. The maximum absolute atomic E-state index is 11.9. The molecule has 0 aliphatic carbocycles. The lowest BCUT2D eigenvalue weighted by atomic mass is 10.1. The van der Waals surface area contributed by atoms with Gasteiger partial charge in [0.25, 0.3) is 5.91 Å². The van der Waals surface area contributed by atoms with E-state index in [-0.39, 0.29) is 12.5 Å². The number of hydrogen-bond acceptors (Lipinski definition) is 2. The van der Waals surface area contributed by atoms with E-state index in [0.29, 0.717) is 0 Å². The van der Waals surface area contributed by atoms with Crippen molar-refractivity contribution in [2.75, 3.05) is 0 Å². The van der Waals surface area contributed by atoms with E-state index in [4.69, 9.17) is 0 Å². The highest BCUT2D eigenvalue weighted by Crippen LogP contribution is 2.11. The van der Waals surface area contributed by atoms with Crippen molar-refractivity contribution in [2.24, 2.45) is 0 Å². The molecule has 0 aliphatic rings. The molecule has 20 heavy (non-hydrogen) atoms. The lowest BCUT2D eigenvalue weighted by Crippen LogP contribution is -2.34. The van der Waals surface area contributed by atoms with E-state index in [1.165, 1.54) is 0 Å². The van der Waals surface area contributed by atoms with Gasteiger partial charge in [-0.05, 0) is 18.1 Å². The van der Waals surface area contributed by atoms with Crippen molar-refractivity contribution in [3.8, 4) is 0 Å². The van der Waals surface area contributed by atoms with Crippen molar-refractivity contribution >= 4 is 11.7 Å². The fourth-order valence-electron chi connectivity index (χ4n) is 1.96. The number of nitrogens with one attached hydrogen (secondary N) is 1. The highest BCUT2D eigenvalue weighted by molar-refractivity contribution is 6.36. The second kappa shape index (κ2) is 6.66. The Kier molecular flexibility index (Phi) is 4.66. The van der Waals surface area contributed by atoms with Crippen molar-refractivity contribution in [3.63, 3.8) is 0 Å². The molecule has 102 valence electrons. The van der Waals surface area contributed by atoms with Crippen LogP contribution in [0.25, 0.3) is 0 Å². The molecule has 0 fully saturated rings. The van der Waals surface area contributed by atoms with Gasteiger partial charge < -0.3 is 5.32 Å². The number of Topliss-reactive ketones (excluding diaryl/α,β-unsaturated/α-hetero) is 1. The topological polar surface area (TPSA) is 46.2 Å². The van der Waals surface area contributed by atoms with E-state index >= 15 is 0 Å². The first kappa shape index (κ1) is 14.0. The Hall–Kier alpha value is -2.42. The number of carbonyl (C=O) groups is 2. The van der Waals surface area contributed by atoms with Gasteiger partial charge in [-0.15, -0.1) is 0 Å². The average molecular weight is 267 g/mol. The molecule has 0 heterocycles. The number of benzene rings is 2. The minimum atomic E-state index is -0.537. The van der Waals surface area contributed by atoms with Gasteiger partial charge in [0.15, 0.2) is 0 Å². The molecule has 0 aromatic heterocycles. The van der Waals surface area contributed by atoms with Gasteiger partial charge in [-0.1, -0.05) is 60.7 Å². The maximum atomic E-state index is 11.9. The van der Waals surface area contributed by atoms with Crippen LogP contribution in [0.4, 0.5) is 0 Å². The molecule has 0 saturated carbocycles. The maximum Gasteiger partial charge on any atom is 0.288 e. The van der Waals surface area contributed by atoms with Crippen LogP contribution in [0.1, 0.15) is 24.1 Å². The van der Waals surface area contributed by atoms with Crippen LogP contribution in [0.15, 0.2) is 60.7 Å². The summed E-state index contributed by atoms with van der Waals surface area (Å²) in [5, 5.41) is 2.73. The second-order valence-corrected chi connectivity index (χ2v) is 4.69. The van der Waals surface area contributed by atoms with Crippen LogP contribution in [0.3, 0.4) is 0 Å². The fourth-order valence-corrected chi connectivity index (χ4v) is 1.96. The predicted molar refractivity (Wildman–Crippen MR) is 78.2 cm³/mol. The molecule has 1 atom stereocenters. The number of carbonyl (C=O) groups excluding carboxylic acids is 2. The third-order valence-electron chi connectivity index (χ3n) is 3.11. The molecule has 2 aromatic carbocycles. The Bertz CT molecular complexity index is 578. The van der Waals surface area contributed by atoms with E-state index in [0.717, 1.165) is 11.1 Å². The van der Waals surface area contributed by atoms with Crippen LogP contribution >= 0.6 is 0 Å². The summed E-state index contributed by atoms with van der Waals surface area (Å²) in [7, 11) is 0. The standard InChI is InChI=1S/C17H17NO2/c1-13(15-10-6-3-7-11-15)18-17(20)16(19)12-14-8-4-2-5-9-14/h2-11,13H,12H2,1H3,(H,18,20). The normalized spacial score (nSPS) is 11.7. The first-order valence-corrected chi connectivity index (χ1v) is 6.59. The zero-order valence-electron chi connectivity index (χ0n) is 11.4. The van der Waals surface area contributed by atoms with Crippen molar-refractivity contribution in [1.29, 1.82) is 0 Å². The van der Waals surface area contributed by atoms with Gasteiger partial charge in [-0.2, -0.15) is 0 Å². The van der Waals surface area contributed by atoms with Gasteiger partial charge in [0.05, 0.1) is 6.04 Å². The smallest absolute Gasteiger partial charge is 0.288 e. The van der Waals surface area contributed by atoms with Crippen molar-refractivity contribution in [1.82, 2.24) is 5.32 Å². The van der Waals surface area contributed by atoms with Crippen LogP contribution in [0.5, 0.6) is 0 Å². The predicted octanol–water partition coefficient (Wildman–Crippen LogP) is 2.68. The molecule has 0 saturated heterocycles. The molecule has 2 rings (SSSR count). The zero-order chi connectivity index (χ0) is 14.4. The van der Waals surface area contributed by atoms with Crippen LogP contribution in [0.2, 0.25) is 0 Å². The van der Waals surface area contributed by atoms with Gasteiger partial charge in [0.2, 0.25) is 5.78 Å². The summed E-state index contributed by atoms with van der Waals surface area (Å²) >= 11 is 0. The number of ketones is 1. The molecular weight excluding hydrogens is 250 g/mol. The summed E-state index contributed by atoms with van der Waals surface area (Å²) in [4.78, 5) is 23.7. The third kappa shape index (κ3) is 3.79. The van der Waals surface area contributed by atoms with Crippen molar-refractivity contribution in [3.05, 3.63) is 71.8 Å². The van der Waals surface area contributed by atoms with Crippen LogP contribution in [-0.2, 0) is 16.0 Å². The number of rotatable bonds is 5. The summed E-state index contributed by atoms with van der Waals surface area (Å²) in [6.45, 7) is 1.86. The molecule has 1 N–H and O–H groups in total. The largest absolute Gasteiger partial charge is 0.343 e. The zero-order valence-corrected chi connectivity index (χ0v) is 11.4. The summed E-state index contributed by atoms with van der Waals surface area (Å²) in [5.74, 6) is -0.954. The van der Waals surface area contributed by atoms with E-state index in [1.54, 1.807) is 0 Å². The Balaban J connectivity index is 1.93. The number of hydrogen-bond donors (Lipinski definition) is 1. The molecule has 0 radical (unpaired) electrons. The fraction of sp³-hybridized carbons (Fsp3) is 0.176. The van der Waals surface area contributed by atoms with Gasteiger partial charge in [-0.25, -0.2) is 0 Å². The van der Waals surface area contributed by atoms with Crippen molar-refractivity contribution in [2.45, 2.75) is 19.4 Å². The summed E-state index contributed by atoms with van der Waals surface area (Å²) in [6.07, 6.45) is 0.133. The van der Waals surface area contributed by atoms with Gasteiger partial charge in [0, 0.05) is 6.42 Å². The Labute approximate surface area is 118 Å². The minimum absolute atomic E-state index is 0.133. The molecule has 1 amide bonds. The molecule has 3 heteroatoms. The van der Waals surface area contributed by atoms with Crippen molar-refractivity contribution < 1.29 is 9.59 Å². The van der Waals surface area contributed by atoms with E-state index < -0.39 is 11.7 Å². The summed E-state index contributed by atoms with van der Waals surface area (Å²) < 4.78 is 0. The third-order valence-corrected chi connectivity index (χ3v) is 3.11. The molecule has 0 spiro atoms. The molecule has 0 bridgehead atoms. The lowest BCUT2D eigenvalue weighted by molar-refractivity contribution is -0.137. The van der Waals surface area contributed by atoms with Crippen LogP contribution in [0, 0.1) is 0 Å². The second-order valence-electron chi connectivity index (χ2n) is 4.69. The van der Waals surface area contributed by atoms with Gasteiger partial charge >= 0.3 is 0 Å². The van der Waals surface area contributed by atoms with E-state index in [1.807, 2.05) is 67.6 Å². The molecule has 2 aromatic rings. The molecule has 1 unspecified atom stereocenters. The molecule has 0 aliphatic heterocycles. The van der Waals surface area contributed by atoms with Gasteiger partial charge in [0.1, 0.15) is 0 Å². The Morgan fingerprint density at radius 1 is 0.950 bits per heavy atom. The average Bonchev–Trinajstić information content (AvgIpc) is 2.49. The van der Waals surface area contributed by atoms with Crippen LogP contribution in [-0.4, -0.2) is 11.7 Å². The Morgan fingerprint density at radius 3 is 2.10 bits per heavy atom. The first-order valence-electron chi connectivity index (χ1n) is 6.59.